The van der Waals surface area contributed by atoms with Crippen LogP contribution < -0.4 is 4.90 Å². The smallest absolute Gasteiger partial charge is 0.339 e. The minimum Gasteiger partial charge on any atom is -0.462 e. The van der Waals surface area contributed by atoms with Crippen LogP contribution in [0.1, 0.15) is 42.7 Å². The van der Waals surface area contributed by atoms with E-state index < -0.39 is 0 Å². The molecule has 0 N–H and O–H groups in total. The van der Waals surface area contributed by atoms with E-state index in [4.69, 9.17) is 4.74 Å². The number of aromatic nitrogens is 1. The number of amides is 1. The van der Waals surface area contributed by atoms with Crippen LogP contribution in [0.25, 0.3) is 0 Å². The number of ether oxygens (including phenoxy) is 1. The molecular formula is C24H32N4O3. The number of pyridine rings is 1. The third kappa shape index (κ3) is 5.41. The first-order chi connectivity index (χ1) is 15.1. The van der Waals surface area contributed by atoms with Gasteiger partial charge in [-0.3, -0.25) is 9.69 Å². The predicted molar refractivity (Wildman–Crippen MR) is 121 cm³/mol. The van der Waals surface area contributed by atoms with Crippen molar-refractivity contribution in [3.63, 3.8) is 0 Å². The average molecular weight is 425 g/mol. The first kappa shape index (κ1) is 22.7. The zero-order chi connectivity index (χ0) is 22.2. The second-order valence-electron chi connectivity index (χ2n) is 7.47. The second kappa shape index (κ2) is 10.9. The van der Waals surface area contributed by atoms with Crippen molar-refractivity contribution in [1.82, 2.24) is 14.8 Å². The van der Waals surface area contributed by atoms with Gasteiger partial charge in [0.05, 0.1) is 12.2 Å². The lowest BCUT2D eigenvalue weighted by atomic mass is 10.0. The van der Waals surface area contributed by atoms with Crippen LogP contribution in [-0.4, -0.2) is 72.5 Å². The average Bonchev–Trinajstić information content (AvgIpc) is 2.83. The van der Waals surface area contributed by atoms with E-state index in [-0.39, 0.29) is 17.9 Å². The summed E-state index contributed by atoms with van der Waals surface area (Å²) in [5, 5.41) is 0. The molecule has 0 radical (unpaired) electrons. The molecular weight excluding hydrogens is 392 g/mol. The Labute approximate surface area is 184 Å². The van der Waals surface area contributed by atoms with Crippen LogP contribution in [0.3, 0.4) is 0 Å². The van der Waals surface area contributed by atoms with Gasteiger partial charge in [-0.1, -0.05) is 44.2 Å². The molecule has 2 heterocycles. The number of piperazine rings is 1. The van der Waals surface area contributed by atoms with Gasteiger partial charge in [-0.05, 0) is 37.7 Å². The van der Waals surface area contributed by atoms with Crippen molar-refractivity contribution in [3.8, 4) is 0 Å². The molecule has 1 unspecified atom stereocenters. The Kier molecular flexibility index (Phi) is 8.00. The van der Waals surface area contributed by atoms with E-state index in [9.17, 15) is 9.59 Å². The molecule has 7 nitrogen and oxygen atoms in total. The molecule has 0 aliphatic carbocycles. The number of hydrogen-bond acceptors (Lipinski definition) is 6. The quantitative estimate of drug-likeness (QED) is 0.607. The topological polar surface area (TPSA) is 66.0 Å². The molecule has 166 valence electrons. The maximum Gasteiger partial charge on any atom is 0.339 e. The SMILES string of the molecule is CCOC(=O)c1ccc(N2CCN(C(=O)C(c3ccccc3)N(CC)CC)CC2)nc1. The molecule has 0 spiro atoms. The van der Waals surface area contributed by atoms with E-state index in [0.717, 1.165) is 24.5 Å². The van der Waals surface area contributed by atoms with Gasteiger partial charge in [0, 0.05) is 32.4 Å². The number of esters is 1. The van der Waals surface area contributed by atoms with Gasteiger partial charge in [-0.2, -0.15) is 0 Å². The molecule has 1 amide bonds. The molecule has 1 atom stereocenters. The van der Waals surface area contributed by atoms with Crippen LogP contribution in [0, 0.1) is 0 Å². The van der Waals surface area contributed by atoms with Gasteiger partial charge in [-0.15, -0.1) is 0 Å². The molecule has 31 heavy (non-hydrogen) atoms. The normalized spacial score (nSPS) is 15.1. The molecule has 1 aliphatic heterocycles. The summed E-state index contributed by atoms with van der Waals surface area (Å²) in [4.78, 5) is 36.0. The van der Waals surface area contributed by atoms with E-state index in [0.29, 0.717) is 38.3 Å². The molecule has 1 saturated heterocycles. The van der Waals surface area contributed by atoms with Gasteiger partial charge in [0.1, 0.15) is 11.9 Å². The molecule has 0 bridgehead atoms. The second-order valence-corrected chi connectivity index (χ2v) is 7.47. The summed E-state index contributed by atoms with van der Waals surface area (Å²) < 4.78 is 5.01. The predicted octanol–water partition coefficient (Wildman–Crippen LogP) is 2.99. The lowest BCUT2D eigenvalue weighted by Gasteiger charge is -2.39. The lowest BCUT2D eigenvalue weighted by Crippen LogP contribution is -2.52. The highest BCUT2D eigenvalue weighted by Crippen LogP contribution is 2.24. The molecule has 1 aromatic carbocycles. The first-order valence-electron chi connectivity index (χ1n) is 11.0. The summed E-state index contributed by atoms with van der Waals surface area (Å²) in [6.07, 6.45) is 1.55. The summed E-state index contributed by atoms with van der Waals surface area (Å²) in [6.45, 7) is 10.6. The van der Waals surface area contributed by atoms with E-state index in [1.54, 1.807) is 19.2 Å². The summed E-state index contributed by atoms with van der Waals surface area (Å²) in [5.74, 6) is 0.601. The fraction of sp³-hybridized carbons (Fsp3) is 0.458. The number of hydrogen-bond donors (Lipinski definition) is 0. The van der Waals surface area contributed by atoms with E-state index >= 15 is 0 Å². The Bertz CT molecular complexity index is 845. The highest BCUT2D eigenvalue weighted by molar-refractivity contribution is 5.89. The molecule has 0 saturated carbocycles. The van der Waals surface area contributed by atoms with Crippen molar-refractivity contribution in [2.45, 2.75) is 26.8 Å². The molecule has 1 aliphatic rings. The summed E-state index contributed by atoms with van der Waals surface area (Å²) in [7, 11) is 0. The fourth-order valence-corrected chi connectivity index (χ4v) is 3.97. The van der Waals surface area contributed by atoms with Crippen LogP contribution in [0.2, 0.25) is 0 Å². The first-order valence-corrected chi connectivity index (χ1v) is 11.0. The lowest BCUT2D eigenvalue weighted by molar-refractivity contribution is -0.137. The Morgan fingerprint density at radius 3 is 2.23 bits per heavy atom. The number of carbonyl (C=O) groups is 2. The third-order valence-electron chi connectivity index (χ3n) is 5.70. The Hall–Kier alpha value is -2.93. The number of rotatable bonds is 8. The minimum absolute atomic E-state index is 0.153. The number of nitrogens with zero attached hydrogens (tertiary/aromatic N) is 4. The summed E-state index contributed by atoms with van der Waals surface area (Å²) >= 11 is 0. The van der Waals surface area contributed by atoms with Gasteiger partial charge in [0.25, 0.3) is 0 Å². The van der Waals surface area contributed by atoms with Crippen molar-refractivity contribution < 1.29 is 14.3 Å². The zero-order valence-corrected chi connectivity index (χ0v) is 18.7. The highest BCUT2D eigenvalue weighted by Gasteiger charge is 2.32. The summed E-state index contributed by atoms with van der Waals surface area (Å²) in [5.41, 5.74) is 1.49. The van der Waals surface area contributed by atoms with Crippen LogP contribution in [0.4, 0.5) is 5.82 Å². The minimum atomic E-state index is -0.361. The van der Waals surface area contributed by atoms with E-state index in [1.165, 1.54) is 0 Å². The largest absolute Gasteiger partial charge is 0.462 e. The van der Waals surface area contributed by atoms with Crippen molar-refractivity contribution in [2.75, 3.05) is 50.8 Å². The van der Waals surface area contributed by atoms with Crippen LogP contribution in [-0.2, 0) is 9.53 Å². The number of likely N-dealkylation sites (N-methyl/N-ethyl adjacent to an activating group) is 1. The zero-order valence-electron chi connectivity index (χ0n) is 18.7. The van der Waals surface area contributed by atoms with E-state index in [2.05, 4.69) is 28.6 Å². The molecule has 1 fully saturated rings. The van der Waals surface area contributed by atoms with Gasteiger partial charge < -0.3 is 14.5 Å². The van der Waals surface area contributed by atoms with E-state index in [1.807, 2.05) is 41.3 Å². The van der Waals surface area contributed by atoms with Gasteiger partial charge in [0.15, 0.2) is 0 Å². The number of anilines is 1. The molecule has 7 heteroatoms. The van der Waals surface area contributed by atoms with Crippen LogP contribution >= 0.6 is 0 Å². The number of carbonyl (C=O) groups excluding carboxylic acids is 2. The van der Waals surface area contributed by atoms with Crippen molar-refractivity contribution >= 4 is 17.7 Å². The standard InChI is InChI=1S/C24H32N4O3/c1-4-26(5-2)22(19-10-8-7-9-11-19)23(29)28-16-14-27(15-17-28)21-13-12-20(18-25-21)24(30)31-6-3/h7-13,18,22H,4-6,14-17H2,1-3H3. The Morgan fingerprint density at radius 1 is 1.00 bits per heavy atom. The number of benzene rings is 1. The molecule has 1 aromatic heterocycles. The fourth-order valence-electron chi connectivity index (χ4n) is 3.97. The van der Waals surface area contributed by atoms with Crippen LogP contribution in [0.15, 0.2) is 48.7 Å². The maximum absolute atomic E-state index is 13.5. The Morgan fingerprint density at radius 2 is 1.68 bits per heavy atom. The van der Waals surface area contributed by atoms with Crippen LogP contribution in [0.5, 0.6) is 0 Å². The maximum atomic E-state index is 13.5. The highest BCUT2D eigenvalue weighted by atomic mass is 16.5. The Balaban J connectivity index is 1.66. The van der Waals surface area contributed by atoms with Crippen molar-refractivity contribution in [1.29, 1.82) is 0 Å². The van der Waals surface area contributed by atoms with Gasteiger partial charge >= 0.3 is 5.97 Å². The van der Waals surface area contributed by atoms with Crippen molar-refractivity contribution in [2.24, 2.45) is 0 Å². The summed E-state index contributed by atoms with van der Waals surface area (Å²) in [6, 6.07) is 13.3. The third-order valence-corrected chi connectivity index (χ3v) is 5.70. The van der Waals surface area contributed by atoms with Crippen molar-refractivity contribution in [3.05, 3.63) is 59.8 Å². The molecule has 3 rings (SSSR count). The monoisotopic (exact) mass is 424 g/mol. The van der Waals surface area contributed by atoms with Gasteiger partial charge in [0.2, 0.25) is 5.91 Å². The molecule has 2 aromatic rings. The van der Waals surface area contributed by atoms with Gasteiger partial charge in [-0.25, -0.2) is 9.78 Å².